The number of rotatable bonds is 5. The van der Waals surface area contributed by atoms with Gasteiger partial charge in [0.25, 0.3) is 0 Å². The molecular formula is C34H46. The van der Waals surface area contributed by atoms with Gasteiger partial charge in [-0.15, -0.1) is 0 Å². The van der Waals surface area contributed by atoms with Crippen molar-refractivity contribution in [3.63, 3.8) is 0 Å². The molecule has 0 aliphatic heterocycles. The van der Waals surface area contributed by atoms with E-state index in [0.717, 1.165) is 6.42 Å². The summed E-state index contributed by atoms with van der Waals surface area (Å²) in [6.07, 6.45) is 1.09. The summed E-state index contributed by atoms with van der Waals surface area (Å²) in [7, 11) is 0. The summed E-state index contributed by atoms with van der Waals surface area (Å²) in [6, 6.07) is 27.4. The normalized spacial score (nSPS) is 13.9. The first-order chi connectivity index (χ1) is 15.7. The molecule has 0 aromatic heterocycles. The van der Waals surface area contributed by atoms with Crippen LogP contribution in [0.3, 0.4) is 0 Å². The molecule has 0 amide bonds. The zero-order chi connectivity index (χ0) is 25.3. The Labute approximate surface area is 209 Å². The quantitative estimate of drug-likeness (QED) is 0.360. The smallest absolute Gasteiger partial charge is 0.0101 e. The Kier molecular flexibility index (Phi) is 7.51. The molecule has 0 saturated carbocycles. The molecule has 0 heterocycles. The van der Waals surface area contributed by atoms with Crippen molar-refractivity contribution in [2.45, 2.75) is 104 Å². The van der Waals surface area contributed by atoms with Crippen molar-refractivity contribution in [2.24, 2.45) is 0 Å². The third-order valence-corrected chi connectivity index (χ3v) is 7.18. The number of benzene rings is 3. The van der Waals surface area contributed by atoms with Gasteiger partial charge >= 0.3 is 0 Å². The Morgan fingerprint density at radius 3 is 1.12 bits per heavy atom. The highest BCUT2D eigenvalue weighted by molar-refractivity contribution is 5.46. The molecule has 3 aromatic rings. The fraction of sp³-hybridized carbons (Fsp3) is 0.471. The second-order valence-corrected chi connectivity index (χ2v) is 13.2. The van der Waals surface area contributed by atoms with Crippen molar-refractivity contribution in [2.75, 3.05) is 0 Å². The van der Waals surface area contributed by atoms with Gasteiger partial charge in [-0.25, -0.2) is 0 Å². The van der Waals surface area contributed by atoms with Crippen LogP contribution in [0.4, 0.5) is 0 Å². The zero-order valence-corrected chi connectivity index (χ0v) is 23.3. The van der Waals surface area contributed by atoms with E-state index in [4.69, 9.17) is 0 Å². The van der Waals surface area contributed by atoms with Crippen LogP contribution in [-0.2, 0) is 16.2 Å². The van der Waals surface area contributed by atoms with E-state index in [9.17, 15) is 0 Å². The first kappa shape index (κ1) is 26.3. The molecule has 0 aliphatic carbocycles. The molecule has 0 nitrogen and oxygen atoms in total. The second-order valence-electron chi connectivity index (χ2n) is 13.2. The van der Waals surface area contributed by atoms with Crippen LogP contribution < -0.4 is 0 Å². The average Bonchev–Trinajstić information content (AvgIpc) is 2.75. The van der Waals surface area contributed by atoms with Crippen molar-refractivity contribution >= 4 is 0 Å². The third kappa shape index (κ3) is 5.83. The van der Waals surface area contributed by atoms with E-state index in [0.29, 0.717) is 11.8 Å². The summed E-state index contributed by atoms with van der Waals surface area (Å²) >= 11 is 0. The highest BCUT2D eigenvalue weighted by atomic mass is 14.3. The van der Waals surface area contributed by atoms with E-state index in [2.05, 4.69) is 142 Å². The number of hydrogen-bond acceptors (Lipinski definition) is 0. The van der Waals surface area contributed by atoms with E-state index < -0.39 is 0 Å². The Bertz CT molecular complexity index is 1040. The van der Waals surface area contributed by atoms with Gasteiger partial charge in [0, 0.05) is 5.92 Å². The van der Waals surface area contributed by atoms with Crippen LogP contribution in [0.2, 0.25) is 0 Å². The maximum atomic E-state index is 2.43. The summed E-state index contributed by atoms with van der Waals surface area (Å²) in [6.45, 7) is 23.5. The summed E-state index contributed by atoms with van der Waals surface area (Å²) in [4.78, 5) is 0. The van der Waals surface area contributed by atoms with Gasteiger partial charge in [0.1, 0.15) is 0 Å². The third-order valence-electron chi connectivity index (χ3n) is 7.18. The second kappa shape index (κ2) is 9.73. The Balaban J connectivity index is 2.21. The van der Waals surface area contributed by atoms with Crippen molar-refractivity contribution in [3.8, 4) is 0 Å². The molecule has 0 spiro atoms. The van der Waals surface area contributed by atoms with Crippen LogP contribution in [0.5, 0.6) is 0 Å². The Hall–Kier alpha value is -2.34. The van der Waals surface area contributed by atoms with E-state index in [1.165, 1.54) is 33.4 Å². The molecule has 34 heavy (non-hydrogen) atoms. The Morgan fingerprint density at radius 2 is 0.765 bits per heavy atom. The summed E-state index contributed by atoms with van der Waals surface area (Å²) in [5.41, 5.74) is 9.15. The lowest BCUT2D eigenvalue weighted by Gasteiger charge is -2.34. The minimum atomic E-state index is 0.0953. The topological polar surface area (TPSA) is 0 Å². The highest BCUT2D eigenvalue weighted by Crippen LogP contribution is 2.44. The molecule has 1 atom stereocenters. The first-order valence-corrected chi connectivity index (χ1v) is 13.0. The molecule has 1 unspecified atom stereocenters. The van der Waals surface area contributed by atoms with Crippen LogP contribution >= 0.6 is 0 Å². The molecule has 182 valence electrons. The predicted octanol–water partition coefficient (Wildman–Crippen LogP) is 9.90. The standard InChI is InChI=1S/C34H46/c1-24(25-17-11-14-20-29(25)32(2,3)4)23-28(26-18-12-15-21-30(26)33(5,6)7)27-19-13-16-22-31(27)34(8,9)10/h11-22,24,28H,23H2,1-10H3. The van der Waals surface area contributed by atoms with Gasteiger partial charge in [-0.3, -0.25) is 0 Å². The molecule has 0 fully saturated rings. The van der Waals surface area contributed by atoms with Crippen molar-refractivity contribution < 1.29 is 0 Å². The van der Waals surface area contributed by atoms with Crippen LogP contribution in [-0.4, -0.2) is 0 Å². The molecule has 3 rings (SSSR count). The van der Waals surface area contributed by atoms with Crippen molar-refractivity contribution in [1.29, 1.82) is 0 Å². The van der Waals surface area contributed by atoms with Gasteiger partial charge in [-0.2, -0.15) is 0 Å². The molecule has 0 saturated heterocycles. The first-order valence-electron chi connectivity index (χ1n) is 13.0. The molecule has 0 bridgehead atoms. The molecule has 0 aliphatic rings. The zero-order valence-electron chi connectivity index (χ0n) is 23.3. The fourth-order valence-electron chi connectivity index (χ4n) is 5.48. The lowest BCUT2D eigenvalue weighted by Crippen LogP contribution is -2.22. The van der Waals surface area contributed by atoms with Crippen LogP contribution in [0, 0.1) is 0 Å². The van der Waals surface area contributed by atoms with E-state index in [1.54, 1.807) is 0 Å². The van der Waals surface area contributed by atoms with Crippen LogP contribution in [0.1, 0.15) is 121 Å². The SMILES string of the molecule is CC(CC(c1ccccc1C(C)(C)C)c1ccccc1C(C)(C)C)c1ccccc1C(C)(C)C. The molecule has 0 radical (unpaired) electrons. The van der Waals surface area contributed by atoms with Crippen molar-refractivity contribution in [1.82, 2.24) is 0 Å². The monoisotopic (exact) mass is 454 g/mol. The highest BCUT2D eigenvalue weighted by Gasteiger charge is 2.30. The van der Waals surface area contributed by atoms with Gasteiger partial charge in [0.2, 0.25) is 0 Å². The van der Waals surface area contributed by atoms with Gasteiger partial charge in [-0.1, -0.05) is 142 Å². The molecular weight excluding hydrogens is 408 g/mol. The Morgan fingerprint density at radius 1 is 0.471 bits per heavy atom. The van der Waals surface area contributed by atoms with Crippen LogP contribution in [0.25, 0.3) is 0 Å². The fourth-order valence-corrected chi connectivity index (χ4v) is 5.48. The van der Waals surface area contributed by atoms with Gasteiger partial charge in [-0.05, 0) is 62.0 Å². The maximum Gasteiger partial charge on any atom is 0.0101 e. The molecule has 0 N–H and O–H groups in total. The largest absolute Gasteiger partial charge is 0.0620 e. The van der Waals surface area contributed by atoms with Crippen LogP contribution in [0.15, 0.2) is 72.8 Å². The predicted molar refractivity (Wildman–Crippen MR) is 150 cm³/mol. The summed E-state index contributed by atoms with van der Waals surface area (Å²) in [5, 5.41) is 0. The lowest BCUT2D eigenvalue weighted by atomic mass is 9.70. The minimum absolute atomic E-state index is 0.0953. The lowest BCUT2D eigenvalue weighted by molar-refractivity contribution is 0.530. The average molecular weight is 455 g/mol. The van der Waals surface area contributed by atoms with Gasteiger partial charge < -0.3 is 0 Å². The van der Waals surface area contributed by atoms with E-state index in [-0.39, 0.29) is 16.2 Å². The maximum absolute atomic E-state index is 2.43. The number of hydrogen-bond donors (Lipinski definition) is 0. The van der Waals surface area contributed by atoms with Gasteiger partial charge in [0.05, 0.1) is 0 Å². The molecule has 0 heteroatoms. The van der Waals surface area contributed by atoms with Gasteiger partial charge in [0.15, 0.2) is 0 Å². The minimum Gasteiger partial charge on any atom is -0.0620 e. The van der Waals surface area contributed by atoms with Crippen molar-refractivity contribution in [3.05, 3.63) is 106 Å². The van der Waals surface area contributed by atoms with E-state index >= 15 is 0 Å². The van der Waals surface area contributed by atoms with E-state index in [1.807, 2.05) is 0 Å². The summed E-state index contributed by atoms with van der Waals surface area (Å²) < 4.78 is 0. The molecule has 3 aromatic carbocycles. The summed E-state index contributed by atoms with van der Waals surface area (Å²) in [5.74, 6) is 0.787.